The molecule has 22 heavy (non-hydrogen) atoms. The Morgan fingerprint density at radius 1 is 1.50 bits per heavy atom. The lowest BCUT2D eigenvalue weighted by Gasteiger charge is -2.29. The molecule has 0 saturated carbocycles. The molecule has 1 aliphatic heterocycles. The minimum atomic E-state index is -0.223. The van der Waals surface area contributed by atoms with Gasteiger partial charge in [0.25, 0.3) is 0 Å². The van der Waals surface area contributed by atoms with Gasteiger partial charge in [0.15, 0.2) is 0 Å². The Hall–Kier alpha value is -1.27. The number of unbranched alkanes of at least 4 members (excludes halogenated alkanes) is 1. The molecular weight excluding hydrogens is 303 g/mol. The molecule has 0 bridgehead atoms. The first kappa shape index (κ1) is 17.1. The zero-order chi connectivity index (χ0) is 15.9. The molecule has 2 N–H and O–H groups in total. The molecule has 0 aliphatic carbocycles. The molecule has 0 fully saturated rings. The van der Waals surface area contributed by atoms with E-state index in [1.165, 1.54) is 17.8 Å². The van der Waals surface area contributed by atoms with Gasteiger partial charge in [-0.3, -0.25) is 0 Å². The number of aliphatic hydroxyl groups is 1. The van der Waals surface area contributed by atoms with E-state index in [1.807, 2.05) is 6.07 Å². The van der Waals surface area contributed by atoms with E-state index in [4.69, 9.17) is 5.11 Å². The van der Waals surface area contributed by atoms with E-state index in [1.54, 1.807) is 11.0 Å². The molecule has 0 aromatic heterocycles. The number of halogens is 1. The Morgan fingerprint density at radius 2 is 2.32 bits per heavy atom. The first-order chi connectivity index (χ1) is 10.7. The van der Waals surface area contributed by atoms with Crippen molar-refractivity contribution in [1.82, 2.24) is 10.2 Å². The summed E-state index contributed by atoms with van der Waals surface area (Å²) in [6.45, 7) is 2.96. The highest BCUT2D eigenvalue weighted by atomic mass is 32.2. The van der Waals surface area contributed by atoms with Gasteiger partial charge < -0.3 is 15.3 Å². The first-order valence-electron chi connectivity index (χ1n) is 7.74. The molecule has 4 nitrogen and oxygen atoms in total. The third-order valence-electron chi connectivity index (χ3n) is 3.76. The van der Waals surface area contributed by atoms with Crippen molar-refractivity contribution in [2.75, 3.05) is 25.4 Å². The summed E-state index contributed by atoms with van der Waals surface area (Å²) in [5.41, 5.74) is 0.851. The predicted octanol–water partition coefficient (Wildman–Crippen LogP) is 3.17. The Balaban J connectivity index is 2.07. The highest BCUT2D eigenvalue weighted by Gasteiger charge is 2.25. The van der Waals surface area contributed by atoms with Gasteiger partial charge in [-0.1, -0.05) is 25.5 Å². The van der Waals surface area contributed by atoms with Gasteiger partial charge in [-0.2, -0.15) is 0 Å². The van der Waals surface area contributed by atoms with Crippen LogP contribution in [-0.4, -0.2) is 41.5 Å². The molecule has 1 heterocycles. The molecule has 0 saturated heterocycles. The summed E-state index contributed by atoms with van der Waals surface area (Å²) >= 11 is 1.50. The van der Waals surface area contributed by atoms with Crippen molar-refractivity contribution in [2.45, 2.75) is 37.1 Å². The van der Waals surface area contributed by atoms with Crippen molar-refractivity contribution < 1.29 is 14.3 Å². The molecule has 122 valence electrons. The van der Waals surface area contributed by atoms with Crippen molar-refractivity contribution in [2.24, 2.45) is 0 Å². The van der Waals surface area contributed by atoms with Gasteiger partial charge in [0.1, 0.15) is 5.82 Å². The average molecular weight is 326 g/mol. The lowest BCUT2D eigenvalue weighted by atomic mass is 10.0. The number of hydrogen-bond donors (Lipinski definition) is 2. The highest BCUT2D eigenvalue weighted by molar-refractivity contribution is 7.99. The fraction of sp³-hybridized carbons (Fsp3) is 0.562. The molecule has 0 spiro atoms. The summed E-state index contributed by atoms with van der Waals surface area (Å²) in [6.07, 6.45) is 2.68. The Labute approximate surface area is 135 Å². The number of aliphatic hydroxyl groups excluding tert-OH is 1. The fourth-order valence-corrected chi connectivity index (χ4v) is 3.70. The molecule has 1 aliphatic rings. The number of hydrogen-bond acceptors (Lipinski definition) is 3. The van der Waals surface area contributed by atoms with E-state index in [2.05, 4.69) is 12.2 Å². The van der Waals surface area contributed by atoms with Crippen LogP contribution in [0.2, 0.25) is 0 Å². The summed E-state index contributed by atoms with van der Waals surface area (Å²) in [4.78, 5) is 14.7. The van der Waals surface area contributed by atoms with Crippen LogP contribution in [0.1, 0.15) is 37.8 Å². The average Bonchev–Trinajstić information content (AvgIpc) is 2.52. The number of carbonyl (C=O) groups is 1. The Morgan fingerprint density at radius 3 is 3.05 bits per heavy atom. The van der Waals surface area contributed by atoms with Crippen molar-refractivity contribution in [3.8, 4) is 0 Å². The van der Waals surface area contributed by atoms with Crippen LogP contribution in [0.25, 0.3) is 0 Å². The second-order valence-electron chi connectivity index (χ2n) is 5.36. The molecule has 6 heteroatoms. The molecule has 1 aromatic carbocycles. The standard InChI is InChI=1S/C16H23FN2O2S/c1-2-3-8-19(9-10-20)16(21)18-14-7-11-22-15-12(14)5-4-6-13(15)17/h4-6,14,20H,2-3,7-11H2,1H3,(H,18,21). The molecule has 2 rings (SSSR count). The van der Waals surface area contributed by atoms with Crippen LogP contribution in [-0.2, 0) is 0 Å². The summed E-state index contributed by atoms with van der Waals surface area (Å²) in [7, 11) is 0. The van der Waals surface area contributed by atoms with Crippen LogP contribution in [0.3, 0.4) is 0 Å². The van der Waals surface area contributed by atoms with Crippen molar-refractivity contribution >= 4 is 17.8 Å². The minimum Gasteiger partial charge on any atom is -0.395 e. The number of amides is 2. The summed E-state index contributed by atoms with van der Waals surface area (Å²) < 4.78 is 13.9. The van der Waals surface area contributed by atoms with Gasteiger partial charge in [-0.25, -0.2) is 9.18 Å². The van der Waals surface area contributed by atoms with Gasteiger partial charge in [-0.15, -0.1) is 11.8 Å². The number of nitrogens with zero attached hydrogens (tertiary/aromatic N) is 1. The number of thioether (sulfide) groups is 1. The van der Waals surface area contributed by atoms with Crippen molar-refractivity contribution in [1.29, 1.82) is 0 Å². The van der Waals surface area contributed by atoms with Crippen LogP contribution in [0.15, 0.2) is 23.1 Å². The van der Waals surface area contributed by atoms with Gasteiger partial charge in [0.2, 0.25) is 0 Å². The quantitative estimate of drug-likeness (QED) is 0.844. The maximum Gasteiger partial charge on any atom is 0.317 e. The molecule has 1 atom stereocenters. The maximum absolute atomic E-state index is 13.9. The van der Waals surface area contributed by atoms with Crippen LogP contribution < -0.4 is 5.32 Å². The molecule has 1 aromatic rings. The van der Waals surface area contributed by atoms with Crippen LogP contribution in [0, 0.1) is 5.82 Å². The first-order valence-corrected chi connectivity index (χ1v) is 8.73. The fourth-order valence-electron chi connectivity index (χ4n) is 2.56. The maximum atomic E-state index is 13.9. The van der Waals surface area contributed by atoms with E-state index in [0.717, 1.165) is 30.6 Å². The summed E-state index contributed by atoms with van der Waals surface area (Å²) in [5.74, 6) is 0.563. The summed E-state index contributed by atoms with van der Waals surface area (Å²) in [6, 6.07) is 4.66. The molecule has 1 unspecified atom stereocenters. The Kier molecular flexibility index (Phi) is 6.51. The van der Waals surface area contributed by atoms with Crippen LogP contribution in [0.5, 0.6) is 0 Å². The normalized spacial score (nSPS) is 17.0. The number of nitrogens with one attached hydrogen (secondary N) is 1. The van der Waals surface area contributed by atoms with E-state index >= 15 is 0 Å². The third kappa shape index (κ3) is 4.14. The number of urea groups is 1. The van der Waals surface area contributed by atoms with Crippen LogP contribution >= 0.6 is 11.8 Å². The van der Waals surface area contributed by atoms with E-state index < -0.39 is 0 Å². The second-order valence-corrected chi connectivity index (χ2v) is 6.47. The largest absolute Gasteiger partial charge is 0.395 e. The minimum absolute atomic E-state index is 0.0527. The third-order valence-corrected chi connectivity index (χ3v) is 4.92. The highest BCUT2D eigenvalue weighted by Crippen LogP contribution is 2.37. The predicted molar refractivity (Wildman–Crippen MR) is 86.6 cm³/mol. The second kappa shape index (κ2) is 8.39. The number of fused-ring (bicyclic) bond motifs is 1. The monoisotopic (exact) mass is 326 g/mol. The van der Waals surface area contributed by atoms with Gasteiger partial charge in [-0.05, 0) is 24.5 Å². The number of benzene rings is 1. The lowest BCUT2D eigenvalue weighted by molar-refractivity contribution is 0.172. The smallest absolute Gasteiger partial charge is 0.317 e. The van der Waals surface area contributed by atoms with E-state index in [0.29, 0.717) is 18.0 Å². The SMILES string of the molecule is CCCCN(CCO)C(=O)NC1CCSc2c(F)cccc21. The Bertz CT molecular complexity index is 513. The molecule has 2 amide bonds. The van der Waals surface area contributed by atoms with E-state index in [-0.39, 0.29) is 24.5 Å². The summed E-state index contributed by atoms with van der Waals surface area (Å²) in [5, 5.41) is 12.1. The van der Waals surface area contributed by atoms with Gasteiger partial charge in [0, 0.05) is 23.7 Å². The zero-order valence-corrected chi connectivity index (χ0v) is 13.7. The van der Waals surface area contributed by atoms with E-state index in [9.17, 15) is 9.18 Å². The molecular formula is C16H23FN2O2S. The van der Waals surface area contributed by atoms with Gasteiger partial charge in [0.05, 0.1) is 12.6 Å². The molecule has 0 radical (unpaired) electrons. The van der Waals surface area contributed by atoms with Crippen molar-refractivity contribution in [3.05, 3.63) is 29.6 Å². The lowest BCUT2D eigenvalue weighted by Crippen LogP contribution is -2.44. The van der Waals surface area contributed by atoms with Gasteiger partial charge >= 0.3 is 6.03 Å². The number of rotatable bonds is 6. The number of carbonyl (C=O) groups excluding carboxylic acids is 1. The van der Waals surface area contributed by atoms with Crippen molar-refractivity contribution in [3.63, 3.8) is 0 Å². The topological polar surface area (TPSA) is 52.6 Å². The zero-order valence-electron chi connectivity index (χ0n) is 12.8. The van der Waals surface area contributed by atoms with Crippen LogP contribution in [0.4, 0.5) is 9.18 Å².